The molecular weight excluding hydrogens is 258 g/mol. The number of aromatic nitrogens is 3. The van der Waals surface area contributed by atoms with Crippen molar-refractivity contribution >= 4 is 5.97 Å². The molecular formula is C14H15N3O3. The van der Waals surface area contributed by atoms with Gasteiger partial charge in [-0.2, -0.15) is 0 Å². The van der Waals surface area contributed by atoms with Gasteiger partial charge in [-0.3, -0.25) is 0 Å². The maximum Gasteiger partial charge on any atom is 0.358 e. The highest BCUT2D eigenvalue weighted by molar-refractivity contribution is 5.87. The molecule has 6 heteroatoms. The third kappa shape index (κ3) is 2.24. The minimum atomic E-state index is -1.02. The smallest absolute Gasteiger partial charge is 0.358 e. The Hall–Kier alpha value is -2.37. The third-order valence-corrected chi connectivity index (χ3v) is 3.26. The summed E-state index contributed by atoms with van der Waals surface area (Å²) in [6.45, 7) is 2.54. The minimum Gasteiger partial charge on any atom is -0.494 e. The van der Waals surface area contributed by atoms with Crippen molar-refractivity contribution in [2.45, 2.75) is 25.7 Å². The molecule has 20 heavy (non-hydrogen) atoms. The van der Waals surface area contributed by atoms with Crippen LogP contribution in [0.4, 0.5) is 0 Å². The van der Waals surface area contributed by atoms with Crippen molar-refractivity contribution < 1.29 is 14.6 Å². The van der Waals surface area contributed by atoms with E-state index in [-0.39, 0.29) is 11.6 Å². The van der Waals surface area contributed by atoms with Gasteiger partial charge in [-0.1, -0.05) is 5.21 Å². The summed E-state index contributed by atoms with van der Waals surface area (Å²) in [5.74, 6) is 0.00884. The monoisotopic (exact) mass is 273 g/mol. The molecule has 0 bridgehead atoms. The van der Waals surface area contributed by atoms with E-state index in [1.807, 2.05) is 31.2 Å². The highest BCUT2D eigenvalue weighted by Gasteiger charge is 2.34. The van der Waals surface area contributed by atoms with Gasteiger partial charge in [-0.25, -0.2) is 9.48 Å². The first-order valence-corrected chi connectivity index (χ1v) is 6.62. The van der Waals surface area contributed by atoms with Gasteiger partial charge in [0.2, 0.25) is 0 Å². The van der Waals surface area contributed by atoms with Crippen LogP contribution >= 0.6 is 0 Å². The summed E-state index contributed by atoms with van der Waals surface area (Å²) in [7, 11) is 0. The number of carbonyl (C=O) groups is 1. The first-order chi connectivity index (χ1) is 9.70. The van der Waals surface area contributed by atoms with Crippen molar-refractivity contribution in [3.8, 4) is 11.4 Å². The van der Waals surface area contributed by atoms with E-state index in [0.717, 1.165) is 24.3 Å². The van der Waals surface area contributed by atoms with Gasteiger partial charge in [-0.15, -0.1) is 5.10 Å². The Bertz CT molecular complexity index is 630. The summed E-state index contributed by atoms with van der Waals surface area (Å²) in [5.41, 5.74) is 1.55. The summed E-state index contributed by atoms with van der Waals surface area (Å²) in [6.07, 6.45) is 1.98. The summed E-state index contributed by atoms with van der Waals surface area (Å²) in [6, 6.07) is 7.41. The minimum absolute atomic E-state index is 0.0568. The second kappa shape index (κ2) is 4.96. The number of ether oxygens (including phenoxy) is 1. The number of aromatic carboxylic acids is 1. The summed E-state index contributed by atoms with van der Waals surface area (Å²) < 4.78 is 7.01. The number of nitrogens with zero attached hydrogens (tertiary/aromatic N) is 3. The van der Waals surface area contributed by atoms with Gasteiger partial charge in [-0.05, 0) is 44.0 Å². The lowest BCUT2D eigenvalue weighted by molar-refractivity contribution is 0.0689. The summed E-state index contributed by atoms with van der Waals surface area (Å²) >= 11 is 0. The molecule has 0 unspecified atom stereocenters. The Morgan fingerprint density at radius 1 is 1.40 bits per heavy atom. The largest absolute Gasteiger partial charge is 0.494 e. The van der Waals surface area contributed by atoms with Crippen LogP contribution in [0.2, 0.25) is 0 Å². The van der Waals surface area contributed by atoms with Crippen molar-refractivity contribution in [1.82, 2.24) is 15.0 Å². The predicted molar refractivity (Wildman–Crippen MR) is 71.5 cm³/mol. The van der Waals surface area contributed by atoms with Crippen LogP contribution in [-0.2, 0) is 0 Å². The van der Waals surface area contributed by atoms with E-state index in [0.29, 0.717) is 12.3 Å². The molecule has 1 aliphatic carbocycles. The van der Waals surface area contributed by atoms with Gasteiger partial charge in [0.15, 0.2) is 5.69 Å². The van der Waals surface area contributed by atoms with Crippen LogP contribution < -0.4 is 4.74 Å². The Labute approximate surface area is 116 Å². The topological polar surface area (TPSA) is 77.2 Å². The fraction of sp³-hybridized carbons (Fsp3) is 0.357. The van der Waals surface area contributed by atoms with Crippen molar-refractivity contribution in [3.05, 3.63) is 35.7 Å². The first kappa shape index (κ1) is 12.7. The van der Waals surface area contributed by atoms with E-state index in [1.165, 1.54) is 0 Å². The van der Waals surface area contributed by atoms with E-state index in [4.69, 9.17) is 4.74 Å². The standard InChI is InChI=1S/C14H15N3O3/c1-2-20-11-7-5-10(6-8-11)17-13(9-3-4-9)12(14(18)19)15-16-17/h5-9H,2-4H2,1H3,(H,18,19). The Balaban J connectivity index is 1.99. The second-order valence-electron chi connectivity index (χ2n) is 4.74. The predicted octanol–water partition coefficient (Wildman–Crippen LogP) is 2.24. The number of carboxylic acid groups (broad SMARTS) is 1. The van der Waals surface area contributed by atoms with E-state index in [9.17, 15) is 9.90 Å². The van der Waals surface area contributed by atoms with Gasteiger partial charge in [0.05, 0.1) is 18.0 Å². The van der Waals surface area contributed by atoms with Gasteiger partial charge in [0, 0.05) is 5.92 Å². The summed E-state index contributed by atoms with van der Waals surface area (Å²) in [4.78, 5) is 11.2. The van der Waals surface area contributed by atoms with Crippen LogP contribution in [0.5, 0.6) is 5.75 Å². The van der Waals surface area contributed by atoms with Crippen molar-refractivity contribution in [2.75, 3.05) is 6.61 Å². The maximum atomic E-state index is 11.2. The van der Waals surface area contributed by atoms with Crippen LogP contribution in [0, 0.1) is 0 Å². The molecule has 1 saturated carbocycles. The van der Waals surface area contributed by atoms with Crippen LogP contribution in [0.3, 0.4) is 0 Å². The molecule has 1 heterocycles. The second-order valence-corrected chi connectivity index (χ2v) is 4.74. The number of benzene rings is 1. The van der Waals surface area contributed by atoms with Gasteiger partial charge in [0.1, 0.15) is 5.75 Å². The molecule has 1 aromatic heterocycles. The lowest BCUT2D eigenvalue weighted by Crippen LogP contribution is -2.05. The molecule has 104 valence electrons. The molecule has 1 aromatic carbocycles. The van der Waals surface area contributed by atoms with E-state index in [2.05, 4.69) is 10.3 Å². The average Bonchev–Trinajstić information content (AvgIpc) is 3.18. The average molecular weight is 273 g/mol. The summed E-state index contributed by atoms with van der Waals surface area (Å²) in [5, 5.41) is 17.0. The molecule has 0 spiro atoms. The van der Waals surface area contributed by atoms with Crippen LogP contribution in [0.1, 0.15) is 41.9 Å². The molecule has 1 fully saturated rings. The number of hydrogen-bond donors (Lipinski definition) is 1. The highest BCUT2D eigenvalue weighted by Crippen LogP contribution is 2.42. The third-order valence-electron chi connectivity index (χ3n) is 3.26. The lowest BCUT2D eigenvalue weighted by Gasteiger charge is -2.07. The van der Waals surface area contributed by atoms with Crippen molar-refractivity contribution in [2.24, 2.45) is 0 Å². The van der Waals surface area contributed by atoms with Crippen molar-refractivity contribution in [3.63, 3.8) is 0 Å². The molecule has 2 aromatic rings. The molecule has 1 N–H and O–H groups in total. The number of rotatable bonds is 5. The Morgan fingerprint density at radius 2 is 2.10 bits per heavy atom. The molecule has 6 nitrogen and oxygen atoms in total. The van der Waals surface area contributed by atoms with Crippen molar-refractivity contribution in [1.29, 1.82) is 0 Å². The fourth-order valence-electron chi connectivity index (χ4n) is 2.21. The number of hydrogen-bond acceptors (Lipinski definition) is 4. The van der Waals surface area contributed by atoms with E-state index in [1.54, 1.807) is 4.68 Å². The molecule has 0 saturated heterocycles. The van der Waals surface area contributed by atoms with Crippen LogP contribution in [0.25, 0.3) is 5.69 Å². The Kier molecular flexibility index (Phi) is 3.14. The quantitative estimate of drug-likeness (QED) is 0.904. The van der Waals surface area contributed by atoms with Gasteiger partial charge in [0.25, 0.3) is 0 Å². The van der Waals surface area contributed by atoms with Gasteiger partial charge >= 0.3 is 5.97 Å². The molecule has 0 aliphatic heterocycles. The number of carboxylic acids is 1. The zero-order chi connectivity index (χ0) is 14.1. The SMILES string of the molecule is CCOc1ccc(-n2nnc(C(=O)O)c2C2CC2)cc1. The maximum absolute atomic E-state index is 11.2. The molecule has 0 amide bonds. The normalized spacial score (nSPS) is 14.2. The lowest BCUT2D eigenvalue weighted by atomic mass is 10.2. The fourth-order valence-corrected chi connectivity index (χ4v) is 2.21. The molecule has 0 radical (unpaired) electrons. The first-order valence-electron chi connectivity index (χ1n) is 6.62. The molecule has 1 aliphatic rings. The van der Waals surface area contributed by atoms with Gasteiger partial charge < -0.3 is 9.84 Å². The van der Waals surface area contributed by atoms with E-state index < -0.39 is 5.97 Å². The van der Waals surface area contributed by atoms with E-state index >= 15 is 0 Å². The molecule has 0 atom stereocenters. The molecule has 3 rings (SSSR count). The van der Waals surface area contributed by atoms with Crippen LogP contribution in [0.15, 0.2) is 24.3 Å². The van der Waals surface area contributed by atoms with Crippen LogP contribution in [-0.4, -0.2) is 32.7 Å². The zero-order valence-electron chi connectivity index (χ0n) is 11.1. The Morgan fingerprint density at radius 3 is 2.65 bits per heavy atom. The highest BCUT2D eigenvalue weighted by atomic mass is 16.5. The zero-order valence-corrected chi connectivity index (χ0v) is 11.1.